The van der Waals surface area contributed by atoms with Gasteiger partial charge in [0.2, 0.25) is 0 Å². The monoisotopic (exact) mass is 312 g/mol. The van der Waals surface area contributed by atoms with Gasteiger partial charge in [0.05, 0.1) is 11.3 Å². The molecule has 1 saturated heterocycles. The first-order valence-electron chi connectivity index (χ1n) is 7.54. The Morgan fingerprint density at radius 2 is 2.00 bits per heavy atom. The van der Waals surface area contributed by atoms with E-state index in [9.17, 15) is 4.79 Å². The van der Waals surface area contributed by atoms with Gasteiger partial charge in [-0.15, -0.1) is 12.4 Å². The molecule has 5 nitrogen and oxygen atoms in total. The Morgan fingerprint density at radius 1 is 1.29 bits per heavy atom. The Labute approximate surface area is 132 Å². The van der Waals surface area contributed by atoms with Crippen LogP contribution in [0.3, 0.4) is 0 Å². The Balaban J connectivity index is 0.00000161. The van der Waals surface area contributed by atoms with E-state index in [4.69, 9.17) is 5.73 Å². The predicted octanol–water partition coefficient (Wildman–Crippen LogP) is 1.66. The zero-order chi connectivity index (χ0) is 14.4. The normalized spacial score (nSPS) is 28.2. The number of hydrogen-bond acceptors (Lipinski definition) is 3. The number of nitrogens with zero attached hydrogens (tertiary/aromatic N) is 3. The fourth-order valence-electron chi connectivity index (χ4n) is 3.92. The van der Waals surface area contributed by atoms with Crippen molar-refractivity contribution < 1.29 is 4.79 Å². The molecule has 1 aromatic heterocycles. The molecular formula is C15H25ClN4O. The highest BCUT2D eigenvalue weighted by Gasteiger charge is 2.41. The van der Waals surface area contributed by atoms with Crippen LogP contribution >= 0.6 is 12.4 Å². The van der Waals surface area contributed by atoms with Crippen LogP contribution in [0, 0.1) is 25.7 Å². The van der Waals surface area contributed by atoms with E-state index >= 15 is 0 Å². The second-order valence-corrected chi connectivity index (χ2v) is 6.40. The fraction of sp³-hybridized carbons (Fsp3) is 0.733. The van der Waals surface area contributed by atoms with Gasteiger partial charge in [0, 0.05) is 31.9 Å². The van der Waals surface area contributed by atoms with Crippen LogP contribution in [-0.2, 0) is 7.05 Å². The first-order chi connectivity index (χ1) is 9.49. The predicted molar refractivity (Wildman–Crippen MR) is 84.6 cm³/mol. The number of carbonyl (C=O) groups excluding carboxylic acids is 1. The minimum atomic E-state index is 0. The number of nitrogens with two attached hydrogens (primary N) is 1. The van der Waals surface area contributed by atoms with Gasteiger partial charge in [0.1, 0.15) is 0 Å². The molecule has 1 aliphatic carbocycles. The number of amides is 1. The van der Waals surface area contributed by atoms with Crippen molar-refractivity contribution in [2.75, 3.05) is 13.1 Å². The molecule has 2 aliphatic rings. The molecule has 0 bridgehead atoms. The zero-order valence-corrected chi connectivity index (χ0v) is 13.8. The second kappa shape index (κ2) is 5.97. The number of rotatable bonds is 1. The van der Waals surface area contributed by atoms with E-state index in [1.165, 1.54) is 12.8 Å². The quantitative estimate of drug-likeness (QED) is 0.857. The van der Waals surface area contributed by atoms with Crippen LogP contribution in [0.5, 0.6) is 0 Å². The van der Waals surface area contributed by atoms with E-state index in [2.05, 4.69) is 5.10 Å². The van der Waals surface area contributed by atoms with Gasteiger partial charge in [-0.2, -0.15) is 5.10 Å². The summed E-state index contributed by atoms with van der Waals surface area (Å²) in [6.45, 7) is 5.56. The van der Waals surface area contributed by atoms with Crippen molar-refractivity contribution in [2.45, 2.75) is 39.2 Å². The van der Waals surface area contributed by atoms with E-state index < -0.39 is 0 Å². The van der Waals surface area contributed by atoms with Crippen LogP contribution in [-0.4, -0.2) is 39.7 Å². The summed E-state index contributed by atoms with van der Waals surface area (Å²) in [6, 6.07) is 0.266. The maximum Gasteiger partial charge on any atom is 0.257 e. The van der Waals surface area contributed by atoms with Crippen molar-refractivity contribution in [3.05, 3.63) is 17.0 Å². The molecule has 2 fully saturated rings. The first kappa shape index (κ1) is 16.3. The average Bonchev–Trinajstić information content (AvgIpc) is 2.93. The summed E-state index contributed by atoms with van der Waals surface area (Å²) in [4.78, 5) is 14.8. The largest absolute Gasteiger partial charge is 0.338 e. The van der Waals surface area contributed by atoms with Gasteiger partial charge >= 0.3 is 0 Å². The highest BCUT2D eigenvalue weighted by atomic mass is 35.5. The first-order valence-corrected chi connectivity index (χ1v) is 7.54. The van der Waals surface area contributed by atoms with E-state index in [1.54, 1.807) is 4.68 Å². The summed E-state index contributed by atoms with van der Waals surface area (Å²) in [7, 11) is 1.89. The topological polar surface area (TPSA) is 64.2 Å². The molecule has 3 unspecified atom stereocenters. The van der Waals surface area contributed by atoms with Crippen molar-refractivity contribution in [3.63, 3.8) is 0 Å². The molecule has 1 saturated carbocycles. The van der Waals surface area contributed by atoms with Gasteiger partial charge in [-0.05, 0) is 38.5 Å². The lowest BCUT2D eigenvalue weighted by atomic mass is 9.78. The molecule has 6 heteroatoms. The number of hydrogen-bond donors (Lipinski definition) is 1. The van der Waals surface area contributed by atoms with Crippen molar-refractivity contribution in [2.24, 2.45) is 24.6 Å². The molecule has 1 aliphatic heterocycles. The molecule has 0 aromatic carbocycles. The second-order valence-electron chi connectivity index (χ2n) is 6.40. The Hall–Kier alpha value is -1.07. The third kappa shape index (κ3) is 2.69. The standard InChI is InChI=1S/C15H24N4O.ClH/c1-9-14(10(2)18(3)17-9)15(20)19-7-11-5-4-6-13(16)12(11)8-19;/h11-13H,4-8,16H2,1-3H3;1H. The Morgan fingerprint density at radius 3 is 2.57 bits per heavy atom. The molecule has 118 valence electrons. The van der Waals surface area contributed by atoms with Crippen LogP contribution < -0.4 is 5.73 Å². The minimum Gasteiger partial charge on any atom is -0.338 e. The van der Waals surface area contributed by atoms with E-state index in [0.717, 1.165) is 36.5 Å². The zero-order valence-electron chi connectivity index (χ0n) is 13.0. The molecule has 21 heavy (non-hydrogen) atoms. The molecule has 1 aromatic rings. The Bertz CT molecular complexity index is 542. The number of halogens is 1. The summed E-state index contributed by atoms with van der Waals surface area (Å²) in [6.07, 6.45) is 3.52. The van der Waals surface area contributed by atoms with Gasteiger partial charge in [-0.1, -0.05) is 6.42 Å². The summed E-state index contributed by atoms with van der Waals surface area (Å²) < 4.78 is 1.79. The van der Waals surface area contributed by atoms with Crippen molar-refractivity contribution in [3.8, 4) is 0 Å². The van der Waals surface area contributed by atoms with Gasteiger partial charge in [-0.25, -0.2) is 0 Å². The SMILES string of the molecule is Cc1nn(C)c(C)c1C(=O)N1CC2CCCC(N)C2C1.Cl. The molecule has 0 spiro atoms. The highest BCUT2D eigenvalue weighted by Crippen LogP contribution is 2.36. The molecule has 3 atom stereocenters. The third-order valence-corrected chi connectivity index (χ3v) is 5.16. The highest BCUT2D eigenvalue weighted by molar-refractivity contribution is 5.96. The van der Waals surface area contributed by atoms with Gasteiger partial charge < -0.3 is 10.6 Å². The molecular weight excluding hydrogens is 288 g/mol. The summed E-state index contributed by atoms with van der Waals surface area (Å²) in [5.41, 5.74) is 8.79. The minimum absolute atomic E-state index is 0. The smallest absolute Gasteiger partial charge is 0.257 e. The van der Waals surface area contributed by atoms with E-state index in [0.29, 0.717) is 11.8 Å². The van der Waals surface area contributed by atoms with Crippen LogP contribution in [0.2, 0.25) is 0 Å². The van der Waals surface area contributed by atoms with Crippen LogP contribution in [0.4, 0.5) is 0 Å². The maximum atomic E-state index is 12.8. The number of likely N-dealkylation sites (tertiary alicyclic amines) is 1. The lowest BCUT2D eigenvalue weighted by molar-refractivity contribution is 0.0782. The number of aryl methyl sites for hydroxylation is 2. The lowest BCUT2D eigenvalue weighted by Crippen LogP contribution is -2.38. The number of carbonyl (C=O) groups is 1. The number of fused-ring (bicyclic) bond motifs is 1. The van der Waals surface area contributed by atoms with Crippen molar-refractivity contribution in [1.29, 1.82) is 0 Å². The number of aromatic nitrogens is 2. The third-order valence-electron chi connectivity index (χ3n) is 5.16. The van der Waals surface area contributed by atoms with Crippen molar-refractivity contribution in [1.82, 2.24) is 14.7 Å². The lowest BCUT2D eigenvalue weighted by Gasteiger charge is -2.29. The van der Waals surface area contributed by atoms with Gasteiger partial charge in [-0.3, -0.25) is 9.48 Å². The molecule has 2 heterocycles. The van der Waals surface area contributed by atoms with Gasteiger partial charge in [0.15, 0.2) is 0 Å². The fourth-order valence-corrected chi connectivity index (χ4v) is 3.92. The average molecular weight is 313 g/mol. The van der Waals surface area contributed by atoms with Crippen LogP contribution in [0.15, 0.2) is 0 Å². The molecule has 1 amide bonds. The summed E-state index contributed by atoms with van der Waals surface area (Å²) in [5, 5.41) is 4.35. The molecule has 2 N–H and O–H groups in total. The summed E-state index contributed by atoms with van der Waals surface area (Å²) in [5.74, 6) is 1.22. The van der Waals surface area contributed by atoms with E-state index in [-0.39, 0.29) is 24.4 Å². The van der Waals surface area contributed by atoms with Crippen LogP contribution in [0.1, 0.15) is 41.0 Å². The molecule has 0 radical (unpaired) electrons. The van der Waals surface area contributed by atoms with Crippen molar-refractivity contribution >= 4 is 18.3 Å². The molecule has 3 rings (SSSR count). The van der Waals surface area contributed by atoms with Gasteiger partial charge in [0.25, 0.3) is 5.91 Å². The summed E-state index contributed by atoms with van der Waals surface area (Å²) >= 11 is 0. The van der Waals surface area contributed by atoms with E-state index in [1.807, 2.05) is 25.8 Å². The Kier molecular flexibility index (Phi) is 4.63. The van der Waals surface area contributed by atoms with Crippen LogP contribution in [0.25, 0.3) is 0 Å². The maximum absolute atomic E-state index is 12.8.